The molecule has 1 aromatic heterocycles. The minimum Gasteiger partial charge on any atom is -0.369 e. The van der Waals surface area contributed by atoms with Gasteiger partial charge in [-0.05, 0) is 55.6 Å². The van der Waals surface area contributed by atoms with Gasteiger partial charge in [0.15, 0.2) is 5.69 Å². The number of aromatic nitrogens is 2. The Morgan fingerprint density at radius 2 is 2.19 bits per heavy atom. The zero-order chi connectivity index (χ0) is 14.7. The van der Waals surface area contributed by atoms with Gasteiger partial charge in [0.1, 0.15) is 5.82 Å². The van der Waals surface area contributed by atoms with Gasteiger partial charge in [0.05, 0.1) is 0 Å². The van der Waals surface area contributed by atoms with Gasteiger partial charge in [0.2, 0.25) is 0 Å². The Bertz CT molecular complexity index is 488. The summed E-state index contributed by atoms with van der Waals surface area (Å²) in [4.78, 5) is 12.1. The summed E-state index contributed by atoms with van der Waals surface area (Å²) in [6.07, 6.45) is 6.44. The number of fused-ring (bicyclic) bond motifs is 2. The van der Waals surface area contributed by atoms with Gasteiger partial charge in [0, 0.05) is 13.1 Å². The number of amides is 1. The predicted molar refractivity (Wildman–Crippen MR) is 82.1 cm³/mol. The van der Waals surface area contributed by atoms with Gasteiger partial charge >= 0.3 is 0 Å². The fourth-order valence-corrected chi connectivity index (χ4v) is 3.74. The quantitative estimate of drug-likeness (QED) is 0.844. The first-order valence-corrected chi connectivity index (χ1v) is 8.12. The lowest BCUT2D eigenvalue weighted by Crippen LogP contribution is -2.32. The van der Waals surface area contributed by atoms with Gasteiger partial charge in [-0.15, -0.1) is 10.2 Å². The fraction of sp³-hybridized carbons (Fsp3) is 0.688. The third kappa shape index (κ3) is 3.34. The highest BCUT2D eigenvalue weighted by Gasteiger charge is 2.39. The molecular formula is C16H24N4O. The van der Waals surface area contributed by atoms with E-state index < -0.39 is 0 Å². The molecule has 3 unspecified atom stereocenters. The molecule has 0 spiro atoms. The van der Waals surface area contributed by atoms with Crippen molar-refractivity contribution in [1.82, 2.24) is 15.5 Å². The van der Waals surface area contributed by atoms with Gasteiger partial charge in [-0.3, -0.25) is 4.79 Å². The first-order valence-electron chi connectivity index (χ1n) is 8.12. The Balaban J connectivity index is 1.48. The van der Waals surface area contributed by atoms with Crippen LogP contribution in [0.4, 0.5) is 5.82 Å². The molecule has 2 N–H and O–H groups in total. The van der Waals surface area contributed by atoms with Crippen LogP contribution in [0.3, 0.4) is 0 Å². The second-order valence-corrected chi connectivity index (χ2v) is 6.38. The fourth-order valence-electron chi connectivity index (χ4n) is 3.74. The number of hydrogen-bond acceptors (Lipinski definition) is 4. The van der Waals surface area contributed by atoms with Crippen molar-refractivity contribution in [3.63, 3.8) is 0 Å². The van der Waals surface area contributed by atoms with Crippen molar-refractivity contribution in [2.75, 3.05) is 18.4 Å². The second kappa shape index (κ2) is 6.41. The van der Waals surface area contributed by atoms with E-state index >= 15 is 0 Å². The Kier molecular flexibility index (Phi) is 4.36. The molecule has 1 aromatic rings. The number of nitrogens with one attached hydrogen (secondary N) is 2. The van der Waals surface area contributed by atoms with Gasteiger partial charge in [-0.1, -0.05) is 13.3 Å². The largest absolute Gasteiger partial charge is 0.369 e. The highest BCUT2D eigenvalue weighted by atomic mass is 16.1. The van der Waals surface area contributed by atoms with E-state index in [1.54, 1.807) is 6.07 Å². The molecule has 3 rings (SSSR count). The van der Waals surface area contributed by atoms with Gasteiger partial charge < -0.3 is 10.6 Å². The van der Waals surface area contributed by atoms with Crippen molar-refractivity contribution in [2.24, 2.45) is 17.8 Å². The first kappa shape index (κ1) is 14.3. The maximum Gasteiger partial charge on any atom is 0.271 e. The van der Waals surface area contributed by atoms with Crippen molar-refractivity contribution >= 4 is 11.7 Å². The summed E-state index contributed by atoms with van der Waals surface area (Å²) in [6, 6.07) is 3.55. The van der Waals surface area contributed by atoms with Gasteiger partial charge in [0.25, 0.3) is 5.91 Å². The molecule has 1 heterocycles. The van der Waals surface area contributed by atoms with Crippen LogP contribution in [0, 0.1) is 17.8 Å². The van der Waals surface area contributed by atoms with Crippen molar-refractivity contribution in [2.45, 2.75) is 39.0 Å². The molecular weight excluding hydrogens is 264 g/mol. The average Bonchev–Trinajstić information content (AvgIpc) is 3.14. The molecule has 0 aromatic carbocycles. The van der Waals surface area contributed by atoms with Crippen molar-refractivity contribution in [3.8, 4) is 0 Å². The Morgan fingerprint density at radius 3 is 2.81 bits per heavy atom. The molecule has 0 aliphatic heterocycles. The summed E-state index contributed by atoms with van der Waals surface area (Å²) in [6.45, 7) is 3.75. The zero-order valence-corrected chi connectivity index (χ0v) is 12.6. The molecule has 2 fully saturated rings. The number of anilines is 1. The third-order valence-corrected chi connectivity index (χ3v) is 4.86. The highest BCUT2D eigenvalue weighted by molar-refractivity contribution is 5.92. The molecule has 0 radical (unpaired) electrons. The van der Waals surface area contributed by atoms with Crippen LogP contribution < -0.4 is 10.6 Å². The van der Waals surface area contributed by atoms with E-state index in [9.17, 15) is 4.79 Å². The lowest BCUT2D eigenvalue weighted by Gasteiger charge is -2.21. The van der Waals surface area contributed by atoms with Crippen LogP contribution in [-0.4, -0.2) is 29.2 Å². The molecule has 2 aliphatic carbocycles. The Hall–Kier alpha value is -1.65. The summed E-state index contributed by atoms with van der Waals surface area (Å²) in [5, 5.41) is 14.2. The molecule has 3 atom stereocenters. The standard InChI is InChI=1S/C16H24N4O/c1-2-7-17-15-6-5-14(19-20-15)16(21)18-10-13-9-11-3-4-12(13)8-11/h5-6,11-13H,2-4,7-10H2,1H3,(H,17,20)(H,18,21). The van der Waals surface area contributed by atoms with E-state index in [2.05, 4.69) is 27.8 Å². The second-order valence-electron chi connectivity index (χ2n) is 6.38. The number of rotatable bonds is 6. The van der Waals surface area contributed by atoms with E-state index in [4.69, 9.17) is 0 Å². The summed E-state index contributed by atoms with van der Waals surface area (Å²) < 4.78 is 0. The van der Waals surface area contributed by atoms with Crippen molar-refractivity contribution in [3.05, 3.63) is 17.8 Å². The van der Waals surface area contributed by atoms with Crippen molar-refractivity contribution < 1.29 is 4.79 Å². The smallest absolute Gasteiger partial charge is 0.271 e. The van der Waals surface area contributed by atoms with Crippen LogP contribution in [0.2, 0.25) is 0 Å². The SMILES string of the molecule is CCCNc1ccc(C(=O)NCC2CC3CCC2C3)nn1. The third-order valence-electron chi connectivity index (χ3n) is 4.86. The van der Waals surface area contributed by atoms with Crippen LogP contribution in [0.5, 0.6) is 0 Å². The molecule has 114 valence electrons. The predicted octanol–water partition coefficient (Wildman–Crippen LogP) is 2.46. The van der Waals surface area contributed by atoms with E-state index in [1.165, 1.54) is 25.7 Å². The molecule has 0 saturated heterocycles. The van der Waals surface area contributed by atoms with Crippen molar-refractivity contribution in [1.29, 1.82) is 0 Å². The van der Waals surface area contributed by atoms with Gasteiger partial charge in [-0.25, -0.2) is 0 Å². The molecule has 2 bridgehead atoms. The minimum atomic E-state index is -0.104. The number of nitrogens with zero attached hydrogens (tertiary/aromatic N) is 2. The van der Waals surface area contributed by atoms with Crippen LogP contribution >= 0.6 is 0 Å². The maximum atomic E-state index is 12.1. The molecule has 1 amide bonds. The lowest BCUT2D eigenvalue weighted by molar-refractivity contribution is 0.0936. The van der Waals surface area contributed by atoms with Gasteiger partial charge in [-0.2, -0.15) is 0 Å². The number of hydrogen-bond donors (Lipinski definition) is 2. The maximum absolute atomic E-state index is 12.1. The highest BCUT2D eigenvalue weighted by Crippen LogP contribution is 2.47. The molecule has 2 saturated carbocycles. The van der Waals surface area contributed by atoms with E-state index in [1.807, 2.05) is 6.07 Å². The summed E-state index contributed by atoms with van der Waals surface area (Å²) in [5.41, 5.74) is 0.403. The molecule has 5 heteroatoms. The van der Waals surface area contributed by atoms with Crippen LogP contribution in [0.1, 0.15) is 49.5 Å². The minimum absolute atomic E-state index is 0.104. The lowest BCUT2D eigenvalue weighted by atomic mass is 9.89. The average molecular weight is 288 g/mol. The molecule has 21 heavy (non-hydrogen) atoms. The molecule has 2 aliphatic rings. The summed E-state index contributed by atoms with van der Waals surface area (Å²) in [7, 11) is 0. The first-order chi connectivity index (χ1) is 10.3. The topological polar surface area (TPSA) is 66.9 Å². The van der Waals surface area contributed by atoms with E-state index in [0.29, 0.717) is 11.6 Å². The number of carbonyl (C=O) groups excluding carboxylic acids is 1. The monoisotopic (exact) mass is 288 g/mol. The van der Waals surface area contributed by atoms with Crippen LogP contribution in [0.15, 0.2) is 12.1 Å². The van der Waals surface area contributed by atoms with E-state index in [-0.39, 0.29) is 5.91 Å². The molecule has 5 nitrogen and oxygen atoms in total. The summed E-state index contributed by atoms with van der Waals surface area (Å²) in [5.74, 6) is 3.04. The Labute approximate surface area is 125 Å². The zero-order valence-electron chi connectivity index (χ0n) is 12.6. The van der Waals surface area contributed by atoms with E-state index in [0.717, 1.165) is 37.2 Å². The Morgan fingerprint density at radius 1 is 1.29 bits per heavy atom. The number of carbonyl (C=O) groups is 1. The van der Waals surface area contributed by atoms with Crippen LogP contribution in [0.25, 0.3) is 0 Å². The normalized spacial score (nSPS) is 26.8. The van der Waals surface area contributed by atoms with Crippen LogP contribution in [-0.2, 0) is 0 Å². The summed E-state index contributed by atoms with van der Waals surface area (Å²) >= 11 is 0.